The summed E-state index contributed by atoms with van der Waals surface area (Å²) in [6.07, 6.45) is 1.80. The van der Waals surface area contributed by atoms with Gasteiger partial charge in [0.15, 0.2) is 0 Å². The fourth-order valence-corrected chi connectivity index (χ4v) is 2.51. The molecule has 0 saturated heterocycles. The van der Waals surface area contributed by atoms with Crippen LogP contribution < -0.4 is 10.8 Å². The van der Waals surface area contributed by atoms with Crippen molar-refractivity contribution in [2.45, 2.75) is 57.5 Å². The minimum Gasteiger partial charge on any atom is -0.465 e. The Morgan fingerprint density at radius 2 is 1.62 bits per heavy atom. The van der Waals surface area contributed by atoms with E-state index in [2.05, 4.69) is 5.32 Å². The number of hydroxylamine groups is 1. The number of carbonyl (C=O) groups excluding carboxylic acids is 3. The molecule has 0 aliphatic rings. The Morgan fingerprint density at radius 1 is 1.00 bits per heavy atom. The largest absolute Gasteiger partial charge is 0.465 e. The highest BCUT2D eigenvalue weighted by Crippen LogP contribution is 2.12. The summed E-state index contributed by atoms with van der Waals surface area (Å²) in [6.45, 7) is -1.25. The minimum absolute atomic E-state index is 0.00904. The van der Waals surface area contributed by atoms with Crippen molar-refractivity contribution in [2.75, 3.05) is 18.6 Å². The number of esters is 1. The van der Waals surface area contributed by atoms with Gasteiger partial charge in [0.25, 0.3) is 0 Å². The zero-order valence-electron chi connectivity index (χ0n) is 16.3. The second kappa shape index (κ2) is 14.4. The van der Waals surface area contributed by atoms with Crippen LogP contribution in [-0.2, 0) is 25.5 Å². The topological polar surface area (TPSA) is 105 Å². The smallest absolute Gasteiger partial charge is 0.310 e. The van der Waals surface area contributed by atoms with E-state index in [-0.39, 0.29) is 31.8 Å². The first-order valence-corrected chi connectivity index (χ1v) is 9.62. The summed E-state index contributed by atoms with van der Waals surface area (Å²) in [5, 5.41) is 11.1. The van der Waals surface area contributed by atoms with Gasteiger partial charge in [0.05, 0.1) is 13.0 Å². The van der Waals surface area contributed by atoms with E-state index in [1.165, 1.54) is 0 Å². The normalized spacial score (nSPS) is 11.6. The van der Waals surface area contributed by atoms with Crippen LogP contribution in [0.3, 0.4) is 0 Å². The van der Waals surface area contributed by atoms with E-state index >= 15 is 0 Å². The summed E-state index contributed by atoms with van der Waals surface area (Å²) < 4.78 is 29.5. The highest BCUT2D eigenvalue weighted by atomic mass is 19.2. The van der Waals surface area contributed by atoms with Gasteiger partial charge in [0.1, 0.15) is 12.8 Å². The molecule has 2 amide bonds. The van der Waals surface area contributed by atoms with Gasteiger partial charge in [-0.3, -0.25) is 19.6 Å². The molecule has 0 aromatic heterocycles. The van der Waals surface area contributed by atoms with Crippen LogP contribution >= 0.6 is 0 Å². The minimum atomic E-state index is -1.61. The number of hydrogen-bond donors (Lipinski definition) is 3. The van der Waals surface area contributed by atoms with Gasteiger partial charge in [-0.15, -0.1) is 0 Å². The number of anilines is 1. The molecule has 162 valence electrons. The maximum absolute atomic E-state index is 12.7. The van der Waals surface area contributed by atoms with E-state index in [0.717, 1.165) is 12.8 Å². The first kappa shape index (κ1) is 24.5. The molecule has 0 aliphatic carbocycles. The van der Waals surface area contributed by atoms with Crippen LogP contribution in [0.2, 0.25) is 0 Å². The summed E-state index contributed by atoms with van der Waals surface area (Å²) in [4.78, 5) is 34.4. The van der Waals surface area contributed by atoms with Crippen LogP contribution in [0.25, 0.3) is 0 Å². The third-order valence-corrected chi connectivity index (χ3v) is 4.13. The average Bonchev–Trinajstić information content (AvgIpc) is 2.71. The van der Waals surface area contributed by atoms with Gasteiger partial charge < -0.3 is 10.1 Å². The molecule has 0 fully saturated rings. The second-order valence-corrected chi connectivity index (χ2v) is 6.63. The number of carbonyl (C=O) groups is 3. The van der Waals surface area contributed by atoms with E-state index in [9.17, 15) is 23.2 Å². The third kappa shape index (κ3) is 11.8. The molecular formula is C20H28F2N2O5. The van der Waals surface area contributed by atoms with E-state index in [0.29, 0.717) is 30.5 Å². The number of hydrogen-bond acceptors (Lipinski definition) is 5. The molecule has 1 rings (SSSR count). The Bertz CT molecular complexity index is 640. The predicted octanol–water partition coefficient (Wildman–Crippen LogP) is 3.25. The van der Waals surface area contributed by atoms with Crippen molar-refractivity contribution in [3.63, 3.8) is 0 Å². The van der Waals surface area contributed by atoms with Crippen LogP contribution in [0, 0.1) is 0 Å². The molecule has 1 aromatic rings. The number of unbranched alkanes of at least 4 members (excludes halogenated alkanes) is 3. The van der Waals surface area contributed by atoms with Gasteiger partial charge in [-0.05, 0) is 30.5 Å². The monoisotopic (exact) mass is 414 g/mol. The Hall–Kier alpha value is -2.55. The van der Waals surface area contributed by atoms with E-state index in [1.807, 2.05) is 0 Å². The molecule has 1 atom stereocenters. The zero-order valence-corrected chi connectivity index (χ0v) is 16.3. The van der Waals surface area contributed by atoms with Crippen LogP contribution in [0.4, 0.5) is 14.5 Å². The summed E-state index contributed by atoms with van der Waals surface area (Å²) in [5.74, 6) is -1.06. The average molecular weight is 414 g/mol. The van der Waals surface area contributed by atoms with Gasteiger partial charge in [-0.2, -0.15) is 0 Å². The Morgan fingerprint density at radius 3 is 2.21 bits per heavy atom. The highest BCUT2D eigenvalue weighted by Gasteiger charge is 2.09. The fourth-order valence-electron chi connectivity index (χ4n) is 2.51. The maximum Gasteiger partial charge on any atom is 0.310 e. The second-order valence-electron chi connectivity index (χ2n) is 6.63. The number of ether oxygens (including phenoxy) is 1. The van der Waals surface area contributed by atoms with Crippen molar-refractivity contribution in [2.24, 2.45) is 0 Å². The van der Waals surface area contributed by atoms with Gasteiger partial charge >= 0.3 is 5.97 Å². The van der Waals surface area contributed by atoms with Gasteiger partial charge in [0, 0.05) is 24.9 Å². The van der Waals surface area contributed by atoms with Crippen molar-refractivity contribution < 1.29 is 33.1 Å². The van der Waals surface area contributed by atoms with Gasteiger partial charge in [0.2, 0.25) is 11.8 Å². The molecule has 0 spiro atoms. The zero-order chi connectivity index (χ0) is 21.5. The predicted molar refractivity (Wildman–Crippen MR) is 103 cm³/mol. The maximum atomic E-state index is 12.7. The third-order valence-electron chi connectivity index (χ3n) is 4.13. The van der Waals surface area contributed by atoms with Crippen molar-refractivity contribution in [1.82, 2.24) is 5.48 Å². The van der Waals surface area contributed by atoms with Crippen LogP contribution in [0.5, 0.6) is 0 Å². The van der Waals surface area contributed by atoms with Crippen LogP contribution in [-0.4, -0.2) is 42.4 Å². The number of halogens is 2. The number of benzene rings is 1. The summed E-state index contributed by atoms with van der Waals surface area (Å²) in [5.41, 5.74) is 2.86. The standard InChI is InChI=1S/C20H28F2N2O5/c21-14-16(22)11-12-29-20(27)13-15-7-9-17(10-8-15)23-18(25)5-3-1-2-4-6-19(26)24-28/h7-10,16,28H,1-6,11-14H2,(H,23,25)(H,24,26). The van der Waals surface area contributed by atoms with E-state index < -0.39 is 24.7 Å². The Kier molecular flexibility index (Phi) is 12.2. The first-order valence-electron chi connectivity index (χ1n) is 9.62. The van der Waals surface area contributed by atoms with Gasteiger partial charge in [-0.1, -0.05) is 25.0 Å². The molecule has 29 heavy (non-hydrogen) atoms. The van der Waals surface area contributed by atoms with Crippen molar-refractivity contribution in [1.29, 1.82) is 0 Å². The lowest BCUT2D eigenvalue weighted by molar-refractivity contribution is -0.143. The lowest BCUT2D eigenvalue weighted by Gasteiger charge is -2.08. The summed E-state index contributed by atoms with van der Waals surface area (Å²) >= 11 is 0. The SMILES string of the molecule is O=C(CCCCCCC(=O)Nc1ccc(CC(=O)OCCC(F)CF)cc1)NO. The Balaban J connectivity index is 2.22. The highest BCUT2D eigenvalue weighted by molar-refractivity contribution is 5.90. The molecule has 0 saturated carbocycles. The molecule has 0 bridgehead atoms. The molecule has 1 aromatic carbocycles. The summed E-state index contributed by atoms with van der Waals surface area (Å²) in [7, 11) is 0. The Labute approximate surface area is 168 Å². The van der Waals surface area contributed by atoms with Crippen LogP contribution in [0.1, 0.15) is 50.5 Å². The molecule has 0 heterocycles. The number of alkyl halides is 2. The van der Waals surface area contributed by atoms with Crippen molar-refractivity contribution in [3.05, 3.63) is 29.8 Å². The molecular weight excluding hydrogens is 386 g/mol. The molecule has 0 aliphatic heterocycles. The number of amides is 2. The molecule has 1 unspecified atom stereocenters. The van der Waals surface area contributed by atoms with Crippen molar-refractivity contribution in [3.8, 4) is 0 Å². The molecule has 0 radical (unpaired) electrons. The molecule has 9 heteroatoms. The number of rotatable bonds is 14. The fraction of sp³-hybridized carbons (Fsp3) is 0.550. The quantitative estimate of drug-likeness (QED) is 0.188. The van der Waals surface area contributed by atoms with E-state index in [1.54, 1.807) is 29.7 Å². The van der Waals surface area contributed by atoms with Crippen molar-refractivity contribution >= 4 is 23.5 Å². The lowest BCUT2D eigenvalue weighted by Crippen LogP contribution is -2.17. The number of nitrogens with one attached hydrogen (secondary N) is 2. The van der Waals surface area contributed by atoms with E-state index in [4.69, 9.17) is 9.94 Å². The lowest BCUT2D eigenvalue weighted by atomic mass is 10.1. The summed E-state index contributed by atoms with van der Waals surface area (Å²) in [6, 6.07) is 6.72. The first-order chi connectivity index (χ1) is 13.9. The van der Waals surface area contributed by atoms with Crippen LogP contribution in [0.15, 0.2) is 24.3 Å². The molecule has 3 N–H and O–H groups in total. The van der Waals surface area contributed by atoms with Gasteiger partial charge in [-0.25, -0.2) is 14.3 Å². The molecule has 7 nitrogen and oxygen atoms in total.